The maximum absolute atomic E-state index is 11.8. The first-order valence-electron chi connectivity index (χ1n) is 4.14. The molecule has 0 aliphatic rings. The van der Waals surface area contributed by atoms with Crippen LogP contribution in [0.2, 0.25) is 5.02 Å². The molecule has 0 N–H and O–H groups in total. The first kappa shape index (κ1) is 9.53. The quantitative estimate of drug-likeness (QED) is 0.630. The van der Waals surface area contributed by atoms with Gasteiger partial charge in [0.25, 0.3) is 0 Å². The largest absolute Gasteiger partial charge is 0.251 e. The molecular formula is C10H12ClF. The number of hydrogen-bond acceptors (Lipinski definition) is 0. The number of rotatable bonds is 4. The van der Waals surface area contributed by atoms with Gasteiger partial charge in [0, 0.05) is 5.02 Å². The summed E-state index contributed by atoms with van der Waals surface area (Å²) in [5, 5.41) is 0.788. The Kier molecular flexibility index (Phi) is 4.09. The normalized spacial score (nSPS) is 10.2. The Morgan fingerprint density at radius 2 is 1.92 bits per heavy atom. The Bertz CT molecular complexity index is 235. The molecule has 0 saturated carbocycles. The minimum atomic E-state index is -0.232. The third-order valence-electron chi connectivity index (χ3n) is 1.79. The molecule has 0 aliphatic carbocycles. The van der Waals surface area contributed by atoms with Crippen LogP contribution in [0, 0.1) is 0 Å². The molecular weight excluding hydrogens is 175 g/mol. The van der Waals surface area contributed by atoms with Crippen molar-refractivity contribution in [2.24, 2.45) is 0 Å². The van der Waals surface area contributed by atoms with Crippen molar-refractivity contribution in [3.8, 4) is 0 Å². The van der Waals surface area contributed by atoms with E-state index in [4.69, 9.17) is 11.6 Å². The van der Waals surface area contributed by atoms with Crippen LogP contribution in [0.1, 0.15) is 18.4 Å². The average Bonchev–Trinajstić information content (AvgIpc) is 2.09. The number of hydrogen-bond donors (Lipinski definition) is 0. The Balaban J connectivity index is 2.46. The molecule has 0 saturated heterocycles. The van der Waals surface area contributed by atoms with E-state index in [9.17, 15) is 4.39 Å². The van der Waals surface area contributed by atoms with Gasteiger partial charge in [0.1, 0.15) is 0 Å². The molecule has 1 aromatic rings. The predicted molar refractivity (Wildman–Crippen MR) is 50.4 cm³/mol. The number of benzene rings is 1. The van der Waals surface area contributed by atoms with Crippen molar-refractivity contribution in [1.29, 1.82) is 0 Å². The Morgan fingerprint density at radius 3 is 2.58 bits per heavy atom. The molecule has 0 nitrogen and oxygen atoms in total. The van der Waals surface area contributed by atoms with Crippen molar-refractivity contribution in [3.05, 3.63) is 34.9 Å². The summed E-state index contributed by atoms with van der Waals surface area (Å²) in [7, 11) is 0. The highest BCUT2D eigenvalue weighted by Crippen LogP contribution is 2.16. The third kappa shape index (κ3) is 2.82. The van der Waals surface area contributed by atoms with Crippen LogP contribution in [0.25, 0.3) is 0 Å². The van der Waals surface area contributed by atoms with E-state index in [1.54, 1.807) is 0 Å². The maximum atomic E-state index is 11.8. The molecule has 1 rings (SSSR count). The van der Waals surface area contributed by atoms with Crippen molar-refractivity contribution >= 4 is 11.6 Å². The summed E-state index contributed by atoms with van der Waals surface area (Å²) in [5.74, 6) is 0. The van der Waals surface area contributed by atoms with E-state index in [1.807, 2.05) is 24.3 Å². The second-order valence-electron chi connectivity index (χ2n) is 2.74. The van der Waals surface area contributed by atoms with E-state index in [-0.39, 0.29) is 6.67 Å². The smallest absolute Gasteiger partial charge is 0.0894 e. The van der Waals surface area contributed by atoms with Crippen LogP contribution in [0.15, 0.2) is 24.3 Å². The first-order chi connectivity index (χ1) is 5.84. The molecule has 2 heteroatoms. The molecule has 0 aromatic heterocycles. The van der Waals surface area contributed by atoms with E-state index >= 15 is 0 Å². The van der Waals surface area contributed by atoms with Crippen LogP contribution in [0.3, 0.4) is 0 Å². The summed E-state index contributed by atoms with van der Waals surface area (Å²) in [6.07, 6.45) is 2.38. The fourth-order valence-electron chi connectivity index (χ4n) is 1.11. The first-order valence-corrected chi connectivity index (χ1v) is 4.52. The Labute approximate surface area is 77.4 Å². The van der Waals surface area contributed by atoms with Crippen LogP contribution >= 0.6 is 11.6 Å². The average molecular weight is 187 g/mol. The van der Waals surface area contributed by atoms with Gasteiger partial charge in [-0.05, 0) is 30.9 Å². The molecule has 0 unspecified atom stereocenters. The third-order valence-corrected chi connectivity index (χ3v) is 2.16. The molecule has 1 aromatic carbocycles. The summed E-state index contributed by atoms with van der Waals surface area (Å²) in [5.41, 5.74) is 1.12. The van der Waals surface area contributed by atoms with Gasteiger partial charge in [-0.25, -0.2) is 0 Å². The molecule has 12 heavy (non-hydrogen) atoms. The topological polar surface area (TPSA) is 0 Å². The monoisotopic (exact) mass is 186 g/mol. The van der Waals surface area contributed by atoms with Gasteiger partial charge in [0.15, 0.2) is 0 Å². The number of halogens is 2. The molecule has 0 radical (unpaired) electrons. The van der Waals surface area contributed by atoms with Crippen LogP contribution < -0.4 is 0 Å². The van der Waals surface area contributed by atoms with Crippen molar-refractivity contribution < 1.29 is 4.39 Å². The van der Waals surface area contributed by atoms with Crippen LogP contribution in [-0.2, 0) is 6.42 Å². The van der Waals surface area contributed by atoms with Crippen molar-refractivity contribution in [1.82, 2.24) is 0 Å². The lowest BCUT2D eigenvalue weighted by Crippen LogP contribution is -1.87. The minimum absolute atomic E-state index is 0.232. The highest BCUT2D eigenvalue weighted by atomic mass is 35.5. The van der Waals surface area contributed by atoms with Gasteiger partial charge in [-0.3, -0.25) is 4.39 Å². The molecule has 66 valence electrons. The zero-order valence-corrected chi connectivity index (χ0v) is 7.65. The van der Waals surface area contributed by atoms with Crippen LogP contribution in [0.5, 0.6) is 0 Å². The summed E-state index contributed by atoms with van der Waals surface area (Å²) in [4.78, 5) is 0. The number of alkyl halides is 1. The van der Waals surface area contributed by atoms with E-state index in [2.05, 4.69) is 0 Å². The van der Waals surface area contributed by atoms with Gasteiger partial charge in [-0.2, -0.15) is 0 Å². The zero-order chi connectivity index (χ0) is 8.81. The van der Waals surface area contributed by atoms with Gasteiger partial charge in [0.2, 0.25) is 0 Å². The van der Waals surface area contributed by atoms with E-state index in [1.165, 1.54) is 0 Å². The lowest BCUT2D eigenvalue weighted by Gasteiger charge is -2.01. The molecule has 0 heterocycles. The summed E-state index contributed by atoms with van der Waals surface area (Å²) in [6.45, 7) is -0.232. The van der Waals surface area contributed by atoms with Gasteiger partial charge in [-0.1, -0.05) is 29.8 Å². The Hall–Kier alpha value is -0.560. The molecule has 0 spiro atoms. The summed E-state index contributed by atoms with van der Waals surface area (Å²) < 4.78 is 11.8. The van der Waals surface area contributed by atoms with Gasteiger partial charge < -0.3 is 0 Å². The fourth-order valence-corrected chi connectivity index (χ4v) is 1.34. The summed E-state index contributed by atoms with van der Waals surface area (Å²) in [6, 6.07) is 7.71. The lowest BCUT2D eigenvalue weighted by molar-refractivity contribution is 0.462. The van der Waals surface area contributed by atoms with E-state index in [0.29, 0.717) is 6.42 Å². The second-order valence-corrected chi connectivity index (χ2v) is 3.14. The molecule has 0 aliphatic heterocycles. The van der Waals surface area contributed by atoms with Gasteiger partial charge in [0.05, 0.1) is 6.67 Å². The van der Waals surface area contributed by atoms with E-state index in [0.717, 1.165) is 23.4 Å². The highest BCUT2D eigenvalue weighted by molar-refractivity contribution is 6.31. The van der Waals surface area contributed by atoms with Gasteiger partial charge in [-0.15, -0.1) is 0 Å². The zero-order valence-electron chi connectivity index (χ0n) is 6.89. The molecule has 0 fully saturated rings. The molecule has 0 amide bonds. The SMILES string of the molecule is FCCCCc1ccccc1Cl. The van der Waals surface area contributed by atoms with Crippen molar-refractivity contribution in [3.63, 3.8) is 0 Å². The fraction of sp³-hybridized carbons (Fsp3) is 0.400. The lowest BCUT2D eigenvalue weighted by atomic mass is 10.1. The van der Waals surface area contributed by atoms with Crippen molar-refractivity contribution in [2.75, 3.05) is 6.67 Å². The molecule has 0 bridgehead atoms. The van der Waals surface area contributed by atoms with Crippen LogP contribution in [0.4, 0.5) is 4.39 Å². The number of unbranched alkanes of at least 4 members (excludes halogenated alkanes) is 1. The minimum Gasteiger partial charge on any atom is -0.251 e. The standard InChI is InChI=1S/C10H12ClF/c11-10-7-2-1-5-9(10)6-3-4-8-12/h1-2,5,7H,3-4,6,8H2. The van der Waals surface area contributed by atoms with Crippen LogP contribution in [-0.4, -0.2) is 6.67 Å². The van der Waals surface area contributed by atoms with Crippen molar-refractivity contribution in [2.45, 2.75) is 19.3 Å². The number of aryl methyl sites for hydroxylation is 1. The summed E-state index contributed by atoms with van der Waals surface area (Å²) >= 11 is 5.91. The predicted octanol–water partition coefficient (Wildman–Crippen LogP) is 3.63. The molecule has 0 atom stereocenters. The van der Waals surface area contributed by atoms with Gasteiger partial charge >= 0.3 is 0 Å². The Morgan fingerprint density at radius 1 is 1.17 bits per heavy atom. The van der Waals surface area contributed by atoms with E-state index < -0.39 is 0 Å². The highest BCUT2D eigenvalue weighted by Gasteiger charge is 1.97. The maximum Gasteiger partial charge on any atom is 0.0894 e. The second kappa shape index (κ2) is 5.15.